The van der Waals surface area contributed by atoms with E-state index in [1.807, 2.05) is 12.2 Å². The first-order valence-electron chi connectivity index (χ1n) is 23.1. The molecule has 23 heteroatoms. The second kappa shape index (κ2) is 23.3. The molecule has 1 aliphatic carbocycles. The Morgan fingerprint density at radius 2 is 1.51 bits per heavy atom. The fraction of sp³-hybridized carbons (Fsp3) is 0.320. The first kappa shape index (κ1) is 53.2. The minimum absolute atomic E-state index is 0.0208. The topological polar surface area (TPSA) is 269 Å². The van der Waals surface area contributed by atoms with E-state index >= 15 is 0 Å². The second-order valence-corrected chi connectivity index (χ2v) is 20.1. The van der Waals surface area contributed by atoms with Crippen molar-refractivity contribution >= 4 is 73.5 Å². The van der Waals surface area contributed by atoms with Gasteiger partial charge in [-0.25, -0.2) is 13.5 Å². The fourth-order valence-electron chi connectivity index (χ4n) is 8.28. The highest BCUT2D eigenvalue weighted by Gasteiger charge is 2.45. The van der Waals surface area contributed by atoms with Gasteiger partial charge in [0.05, 0.1) is 24.8 Å². The van der Waals surface area contributed by atoms with E-state index in [-0.39, 0.29) is 47.2 Å². The first-order chi connectivity index (χ1) is 34.9. The van der Waals surface area contributed by atoms with E-state index in [9.17, 15) is 55.6 Å². The maximum Gasteiger partial charge on any atom is 0.293 e. The number of nitrogens with one attached hydrogen (secondary N) is 5. The Labute approximate surface area is 421 Å². The number of halogens is 2. The summed E-state index contributed by atoms with van der Waals surface area (Å²) in [6.07, 6.45) is -4.55. The third-order valence-corrected chi connectivity index (χ3v) is 14.9. The van der Waals surface area contributed by atoms with Crippen molar-refractivity contribution in [1.29, 1.82) is 0 Å². The van der Waals surface area contributed by atoms with Crippen LogP contribution in [-0.4, -0.2) is 114 Å². The Morgan fingerprint density at radius 3 is 2.19 bits per heavy atom. The third kappa shape index (κ3) is 12.5. The number of carbonyl (C=O) groups is 8. The van der Waals surface area contributed by atoms with Crippen LogP contribution in [0.1, 0.15) is 87.8 Å². The van der Waals surface area contributed by atoms with E-state index in [0.717, 1.165) is 22.4 Å². The lowest BCUT2D eigenvalue weighted by atomic mass is 9.95. The number of Topliss-reactive ketones (excluding diaryl/α,β-unsaturated/α-hetero) is 1. The van der Waals surface area contributed by atoms with Crippen molar-refractivity contribution in [3.63, 3.8) is 0 Å². The monoisotopic (exact) mass is 1040 g/mol. The first-order valence-corrected chi connectivity index (χ1v) is 25.4. The summed E-state index contributed by atoms with van der Waals surface area (Å²) in [7, 11) is -4.74. The molecule has 0 spiro atoms. The Bertz CT molecular complexity index is 3050. The van der Waals surface area contributed by atoms with Gasteiger partial charge in [0.2, 0.25) is 29.2 Å². The second-order valence-electron chi connectivity index (χ2n) is 17.2. The molecule has 5 N–H and O–H groups in total. The number of benzene rings is 4. The number of nitrogens with zero attached hydrogens (tertiary/aromatic N) is 3. The van der Waals surface area contributed by atoms with Gasteiger partial charge in [0.1, 0.15) is 18.1 Å². The highest BCUT2D eigenvalue weighted by atomic mass is 32.2. The molecule has 4 aromatic carbocycles. The average Bonchev–Trinajstić information content (AvgIpc) is 4.13. The number of rotatable bonds is 21. The molecular formula is C50H50F2N8O11S2. The molecule has 5 atom stereocenters. The predicted molar refractivity (Wildman–Crippen MR) is 261 cm³/mol. The van der Waals surface area contributed by atoms with Crippen LogP contribution in [0.3, 0.4) is 0 Å². The molecule has 0 bridgehead atoms. The number of amides is 6. The summed E-state index contributed by atoms with van der Waals surface area (Å²) in [6.45, 7) is 4.09. The van der Waals surface area contributed by atoms with Gasteiger partial charge in [-0.3, -0.25) is 43.7 Å². The normalized spacial score (nSPS) is 16.1. The lowest BCUT2D eigenvalue weighted by Crippen LogP contribution is -2.58. The van der Waals surface area contributed by atoms with Crippen LogP contribution in [-0.2, 0) is 51.8 Å². The summed E-state index contributed by atoms with van der Waals surface area (Å²) in [5, 5.41) is 16.1. The van der Waals surface area contributed by atoms with Gasteiger partial charge in [0, 0.05) is 36.1 Å². The van der Waals surface area contributed by atoms with E-state index in [0.29, 0.717) is 34.4 Å². The number of anilines is 1. The van der Waals surface area contributed by atoms with Crippen LogP contribution in [0, 0.1) is 5.92 Å². The summed E-state index contributed by atoms with van der Waals surface area (Å²) in [4.78, 5) is 110. The number of sulfonamides is 1. The third-order valence-electron chi connectivity index (χ3n) is 12.4. The van der Waals surface area contributed by atoms with Crippen molar-refractivity contribution in [3.05, 3.63) is 130 Å². The maximum absolute atomic E-state index is 14.7. The minimum atomic E-state index is -4.74. The van der Waals surface area contributed by atoms with E-state index in [4.69, 9.17) is 4.74 Å². The molecule has 1 aromatic heterocycles. The van der Waals surface area contributed by atoms with Crippen molar-refractivity contribution in [2.24, 2.45) is 5.92 Å². The average molecular weight is 1040 g/mol. The van der Waals surface area contributed by atoms with Crippen molar-refractivity contribution in [1.82, 2.24) is 35.8 Å². The molecule has 2 aliphatic rings. The van der Waals surface area contributed by atoms with Gasteiger partial charge in [-0.1, -0.05) is 117 Å². The molecule has 19 nitrogen and oxygen atoms in total. The number of hydrogen-bond donors (Lipinski definition) is 5. The van der Waals surface area contributed by atoms with E-state index in [1.54, 1.807) is 110 Å². The van der Waals surface area contributed by atoms with Gasteiger partial charge in [-0.05, 0) is 52.8 Å². The standard InChI is InChI=1S/C50H50F2N8O11S2/c1-4-27(3)41(55-45(65)35-17-11-16-33-32-14-9-10-15-34(32)42(62)40(33)35)48(68)60-25-31(71-26-29-12-7-6-8-13-29)22-37(60)46(66)54-36(23-38(51)52)43(63)47(67)53-24-39(61)59-73(69,70)50-58-57-49(72-50)56-44(64)30-20-18-28(5-2)19-21-30/h6-21,27,31,36-38,41H,4-5,22-26H2,1-3H3,(H,53,67)(H,54,66)(H,55,65)(H,59,61)(H,56,57,64)/t27-,31-,36+,37+,41+/m1/s1. The van der Waals surface area contributed by atoms with Crippen LogP contribution >= 0.6 is 11.3 Å². The van der Waals surface area contributed by atoms with Crippen LogP contribution in [0.5, 0.6) is 0 Å². The highest BCUT2D eigenvalue weighted by Crippen LogP contribution is 2.38. The van der Waals surface area contributed by atoms with E-state index in [2.05, 4.69) is 26.1 Å². The Morgan fingerprint density at radius 1 is 0.822 bits per heavy atom. The largest absolute Gasteiger partial charge is 0.372 e. The van der Waals surface area contributed by atoms with Crippen LogP contribution < -0.4 is 26.0 Å². The number of likely N-dealkylation sites (tertiary alicyclic amines) is 1. The molecule has 73 heavy (non-hydrogen) atoms. The molecule has 0 saturated carbocycles. The fourth-order valence-corrected chi connectivity index (χ4v) is 10.2. The number of aryl methyl sites for hydroxylation is 1. The number of aromatic nitrogens is 2. The number of alkyl halides is 2. The van der Waals surface area contributed by atoms with Crippen LogP contribution in [0.4, 0.5) is 13.9 Å². The molecule has 1 saturated heterocycles. The Hall–Kier alpha value is -7.63. The van der Waals surface area contributed by atoms with Gasteiger partial charge in [0.15, 0.2) is 5.78 Å². The van der Waals surface area contributed by atoms with Crippen molar-refractivity contribution in [3.8, 4) is 11.1 Å². The molecule has 5 aromatic rings. The number of ketones is 2. The Kier molecular flexibility index (Phi) is 17.0. The molecule has 1 fully saturated rings. The quantitative estimate of drug-likeness (QED) is 0.0500. The summed E-state index contributed by atoms with van der Waals surface area (Å²) >= 11 is 0.406. The lowest BCUT2D eigenvalue weighted by Gasteiger charge is -2.32. The molecule has 1 aliphatic heterocycles. The molecular weight excluding hydrogens is 991 g/mol. The summed E-state index contributed by atoms with van der Waals surface area (Å²) in [5.74, 6) is -8.78. The van der Waals surface area contributed by atoms with Crippen LogP contribution in [0.25, 0.3) is 11.1 Å². The molecule has 0 unspecified atom stereocenters. The van der Waals surface area contributed by atoms with Gasteiger partial charge in [-0.15, -0.1) is 10.2 Å². The van der Waals surface area contributed by atoms with E-state index in [1.165, 1.54) is 6.07 Å². The zero-order chi connectivity index (χ0) is 52.6. The lowest BCUT2D eigenvalue weighted by molar-refractivity contribution is -0.143. The molecule has 6 amide bonds. The zero-order valence-corrected chi connectivity index (χ0v) is 41.2. The van der Waals surface area contributed by atoms with Crippen LogP contribution in [0.2, 0.25) is 0 Å². The van der Waals surface area contributed by atoms with Crippen molar-refractivity contribution < 1.29 is 60.3 Å². The van der Waals surface area contributed by atoms with Gasteiger partial charge in [-0.2, -0.15) is 8.42 Å². The maximum atomic E-state index is 14.7. The van der Waals surface area contributed by atoms with Crippen LogP contribution in [0.15, 0.2) is 101 Å². The summed E-state index contributed by atoms with van der Waals surface area (Å²) < 4.78 is 61.0. The minimum Gasteiger partial charge on any atom is -0.372 e. The zero-order valence-electron chi connectivity index (χ0n) is 39.6. The smallest absolute Gasteiger partial charge is 0.293 e. The molecule has 0 radical (unpaired) electrons. The van der Waals surface area contributed by atoms with Gasteiger partial charge < -0.3 is 25.6 Å². The number of fused-ring (bicyclic) bond motifs is 3. The SMILES string of the molecule is CCc1ccc(C(=O)Nc2nnc(S(=O)(=O)NC(=O)CNC(=O)C(=O)[C@H](CC(F)F)NC(=O)[C@@H]3C[C@@H](OCc4ccccc4)CN3C(=O)[C@@H](NC(=O)c3cccc4c3C(=O)c3ccccc3-4)[C@H](C)CC)s2)cc1. The molecule has 7 rings (SSSR count). The van der Waals surface area contributed by atoms with Gasteiger partial charge >= 0.3 is 0 Å². The number of ether oxygens (including phenoxy) is 1. The van der Waals surface area contributed by atoms with Crippen molar-refractivity contribution in [2.45, 2.75) is 88.1 Å². The van der Waals surface area contributed by atoms with E-state index < -0.39 is 105 Å². The summed E-state index contributed by atoms with van der Waals surface area (Å²) in [6, 6.07) is 22.3. The van der Waals surface area contributed by atoms with Crippen molar-refractivity contribution in [2.75, 3.05) is 18.4 Å². The number of hydrogen-bond acceptors (Lipinski definition) is 14. The Balaban J connectivity index is 1.03. The van der Waals surface area contributed by atoms with Gasteiger partial charge in [0.25, 0.3) is 38.0 Å². The molecule has 2 heterocycles. The summed E-state index contributed by atoms with van der Waals surface area (Å²) in [5.41, 5.74) is 3.78. The predicted octanol–water partition coefficient (Wildman–Crippen LogP) is 4.23. The number of carbonyl (C=O) groups excluding carboxylic acids is 8. The highest BCUT2D eigenvalue weighted by molar-refractivity contribution is 7.92. The molecule has 382 valence electrons.